The molecule has 0 unspecified atom stereocenters. The second-order valence-electron chi connectivity index (χ2n) is 7.98. The number of amides is 1. The van der Waals surface area contributed by atoms with E-state index < -0.39 is 5.97 Å². The molecule has 3 aromatic rings. The Kier molecular flexibility index (Phi) is 7.24. The molecule has 1 saturated heterocycles. The second-order valence-corrected chi connectivity index (χ2v) is 7.98. The number of benzene rings is 2. The van der Waals surface area contributed by atoms with Gasteiger partial charge in [-0.25, -0.2) is 4.79 Å². The molecule has 0 atom stereocenters. The Hall–Kier alpha value is -3.69. The Morgan fingerprint density at radius 3 is 2.53 bits per heavy atom. The number of rotatable bonds is 8. The highest BCUT2D eigenvalue weighted by Crippen LogP contribution is 2.33. The van der Waals surface area contributed by atoms with Gasteiger partial charge in [0.2, 0.25) is 0 Å². The summed E-state index contributed by atoms with van der Waals surface area (Å²) in [4.78, 5) is 31.7. The van der Waals surface area contributed by atoms with E-state index >= 15 is 0 Å². The predicted molar refractivity (Wildman–Crippen MR) is 129 cm³/mol. The number of carboxylic acids is 1. The first-order valence-corrected chi connectivity index (χ1v) is 11.1. The Morgan fingerprint density at radius 2 is 1.88 bits per heavy atom. The third kappa shape index (κ3) is 5.11. The van der Waals surface area contributed by atoms with Gasteiger partial charge in [-0.2, -0.15) is 0 Å². The molecule has 0 spiro atoms. The van der Waals surface area contributed by atoms with Gasteiger partial charge in [0.05, 0.1) is 37.2 Å². The maximum atomic E-state index is 12.5. The standard InChI is InChI=1S/C25H28N4O5/c1-26-24(30)16-3-8-20-19(15-16)23(27-17-4-6-18(33-2)7-5-17)22(25(31)32)21(28-20)9-10-29-11-13-34-14-12-29/h3-8,15H,9-14H2,1-2H3,(H,26,30)(H,27,28)(H,31,32). The van der Waals surface area contributed by atoms with Crippen LogP contribution >= 0.6 is 0 Å². The van der Waals surface area contributed by atoms with Crippen molar-refractivity contribution < 1.29 is 24.2 Å². The molecule has 4 rings (SSSR count). The number of aromatic carboxylic acids is 1. The van der Waals surface area contributed by atoms with Crippen LogP contribution in [0.1, 0.15) is 26.4 Å². The van der Waals surface area contributed by atoms with Crippen molar-refractivity contribution in [2.24, 2.45) is 0 Å². The molecule has 1 aliphatic heterocycles. The van der Waals surface area contributed by atoms with Crippen LogP contribution in [0, 0.1) is 0 Å². The molecule has 1 amide bonds. The fourth-order valence-electron chi connectivity index (χ4n) is 4.05. The number of nitrogens with one attached hydrogen (secondary N) is 2. The number of carboxylic acid groups (broad SMARTS) is 1. The number of pyridine rings is 1. The number of carbonyl (C=O) groups is 2. The van der Waals surface area contributed by atoms with Crippen LogP contribution in [0.3, 0.4) is 0 Å². The van der Waals surface area contributed by atoms with Crippen LogP contribution in [-0.2, 0) is 11.2 Å². The molecule has 2 heterocycles. The first-order valence-electron chi connectivity index (χ1n) is 11.1. The number of fused-ring (bicyclic) bond motifs is 1. The molecule has 9 nitrogen and oxygen atoms in total. The fourth-order valence-corrected chi connectivity index (χ4v) is 4.05. The zero-order valence-electron chi connectivity index (χ0n) is 19.3. The lowest BCUT2D eigenvalue weighted by Gasteiger charge is -2.26. The lowest BCUT2D eigenvalue weighted by atomic mass is 10.0. The average molecular weight is 465 g/mol. The molecule has 0 bridgehead atoms. The smallest absolute Gasteiger partial charge is 0.339 e. The maximum absolute atomic E-state index is 12.5. The zero-order chi connectivity index (χ0) is 24.1. The van der Waals surface area contributed by atoms with E-state index in [0.29, 0.717) is 65.5 Å². The Balaban J connectivity index is 1.81. The molecule has 178 valence electrons. The largest absolute Gasteiger partial charge is 0.497 e. The third-order valence-electron chi connectivity index (χ3n) is 5.89. The highest BCUT2D eigenvalue weighted by Gasteiger charge is 2.23. The van der Waals surface area contributed by atoms with Gasteiger partial charge in [-0.15, -0.1) is 0 Å². The van der Waals surface area contributed by atoms with Gasteiger partial charge in [-0.1, -0.05) is 0 Å². The van der Waals surface area contributed by atoms with Gasteiger partial charge in [0, 0.05) is 49.7 Å². The van der Waals surface area contributed by atoms with Crippen molar-refractivity contribution in [2.45, 2.75) is 6.42 Å². The average Bonchev–Trinajstić information content (AvgIpc) is 2.87. The molecule has 9 heteroatoms. The molecule has 34 heavy (non-hydrogen) atoms. The second kappa shape index (κ2) is 10.5. The van der Waals surface area contributed by atoms with E-state index in [2.05, 4.69) is 15.5 Å². The minimum atomic E-state index is -1.08. The summed E-state index contributed by atoms with van der Waals surface area (Å²) in [6.45, 7) is 3.64. The quantitative estimate of drug-likeness (QED) is 0.466. The van der Waals surface area contributed by atoms with Gasteiger partial charge >= 0.3 is 5.97 Å². The summed E-state index contributed by atoms with van der Waals surface area (Å²) in [5.74, 6) is -0.644. The zero-order valence-corrected chi connectivity index (χ0v) is 19.3. The van der Waals surface area contributed by atoms with E-state index in [9.17, 15) is 14.7 Å². The summed E-state index contributed by atoms with van der Waals surface area (Å²) < 4.78 is 10.6. The number of nitrogens with zero attached hydrogens (tertiary/aromatic N) is 2. The fraction of sp³-hybridized carbons (Fsp3) is 0.320. The molecular weight excluding hydrogens is 436 g/mol. The Morgan fingerprint density at radius 1 is 1.15 bits per heavy atom. The van der Waals surface area contributed by atoms with Gasteiger partial charge in [-0.3, -0.25) is 14.7 Å². The number of ether oxygens (including phenoxy) is 2. The molecule has 1 aromatic heterocycles. The lowest BCUT2D eigenvalue weighted by molar-refractivity contribution is 0.0382. The van der Waals surface area contributed by atoms with Crippen LogP contribution in [0.25, 0.3) is 10.9 Å². The monoisotopic (exact) mass is 464 g/mol. The number of methoxy groups -OCH3 is 1. The summed E-state index contributed by atoms with van der Waals surface area (Å²) in [6.07, 6.45) is 0.478. The normalized spacial score (nSPS) is 14.1. The Labute approximate surface area is 197 Å². The van der Waals surface area contributed by atoms with E-state index in [-0.39, 0.29) is 11.5 Å². The van der Waals surface area contributed by atoms with E-state index in [0.717, 1.165) is 13.1 Å². The maximum Gasteiger partial charge on any atom is 0.339 e. The summed E-state index contributed by atoms with van der Waals surface area (Å²) in [6, 6.07) is 12.3. The third-order valence-corrected chi connectivity index (χ3v) is 5.89. The van der Waals surface area contributed by atoms with Crippen molar-refractivity contribution in [1.82, 2.24) is 15.2 Å². The van der Waals surface area contributed by atoms with Crippen molar-refractivity contribution in [1.29, 1.82) is 0 Å². The van der Waals surface area contributed by atoms with Crippen molar-refractivity contribution in [2.75, 3.05) is 52.3 Å². The van der Waals surface area contributed by atoms with Crippen LogP contribution in [0.2, 0.25) is 0 Å². The SMILES string of the molecule is CNC(=O)c1ccc2nc(CCN3CCOCC3)c(C(=O)O)c(Nc3ccc(OC)cc3)c2c1. The molecule has 2 aromatic carbocycles. The highest BCUT2D eigenvalue weighted by atomic mass is 16.5. The molecule has 0 radical (unpaired) electrons. The van der Waals surface area contributed by atoms with Gasteiger partial charge < -0.3 is 25.2 Å². The minimum absolute atomic E-state index is 0.102. The number of hydrogen-bond acceptors (Lipinski definition) is 7. The predicted octanol–water partition coefficient (Wildman–Crippen LogP) is 2.92. The number of carbonyl (C=O) groups excluding carboxylic acids is 1. The van der Waals surface area contributed by atoms with E-state index in [4.69, 9.17) is 14.5 Å². The number of aromatic nitrogens is 1. The minimum Gasteiger partial charge on any atom is -0.497 e. The molecule has 0 saturated carbocycles. The number of anilines is 2. The van der Waals surface area contributed by atoms with E-state index in [1.807, 2.05) is 12.1 Å². The number of morpholine rings is 1. The summed E-state index contributed by atoms with van der Waals surface area (Å²) >= 11 is 0. The van der Waals surface area contributed by atoms with Crippen LogP contribution in [-0.4, -0.2) is 73.9 Å². The van der Waals surface area contributed by atoms with Crippen LogP contribution in [0.4, 0.5) is 11.4 Å². The van der Waals surface area contributed by atoms with Crippen LogP contribution in [0.5, 0.6) is 5.75 Å². The Bertz CT molecular complexity index is 1190. The molecular formula is C25H28N4O5. The highest BCUT2D eigenvalue weighted by molar-refractivity contribution is 6.08. The van der Waals surface area contributed by atoms with E-state index in [1.165, 1.54) is 0 Å². The van der Waals surface area contributed by atoms with Gasteiger partial charge in [0.15, 0.2) is 0 Å². The summed E-state index contributed by atoms with van der Waals surface area (Å²) in [5.41, 5.74) is 2.74. The van der Waals surface area contributed by atoms with Gasteiger partial charge in [-0.05, 0) is 42.5 Å². The molecule has 0 aliphatic carbocycles. The summed E-state index contributed by atoms with van der Waals surface area (Å²) in [5, 5.41) is 16.7. The molecule has 3 N–H and O–H groups in total. The van der Waals surface area contributed by atoms with Crippen molar-refractivity contribution in [3.8, 4) is 5.75 Å². The topological polar surface area (TPSA) is 113 Å². The van der Waals surface area contributed by atoms with Crippen LogP contribution in [0.15, 0.2) is 42.5 Å². The van der Waals surface area contributed by atoms with Gasteiger partial charge in [0.25, 0.3) is 5.91 Å². The van der Waals surface area contributed by atoms with E-state index in [1.54, 1.807) is 44.5 Å². The first-order chi connectivity index (χ1) is 16.5. The lowest BCUT2D eigenvalue weighted by Crippen LogP contribution is -2.37. The van der Waals surface area contributed by atoms with Crippen molar-refractivity contribution >= 4 is 34.2 Å². The van der Waals surface area contributed by atoms with Gasteiger partial charge in [0.1, 0.15) is 11.3 Å². The number of hydrogen-bond donors (Lipinski definition) is 3. The first kappa shape index (κ1) is 23.5. The molecule has 1 fully saturated rings. The molecule has 1 aliphatic rings. The van der Waals surface area contributed by atoms with Crippen molar-refractivity contribution in [3.63, 3.8) is 0 Å². The van der Waals surface area contributed by atoms with Crippen molar-refractivity contribution in [3.05, 3.63) is 59.3 Å². The van der Waals surface area contributed by atoms with Crippen LogP contribution < -0.4 is 15.4 Å². The summed E-state index contributed by atoms with van der Waals surface area (Å²) in [7, 11) is 3.14.